The van der Waals surface area contributed by atoms with Crippen LogP contribution in [0.1, 0.15) is 0 Å². The fourth-order valence-electron chi connectivity index (χ4n) is 2.32. The molecule has 0 radical (unpaired) electrons. The van der Waals surface area contributed by atoms with Crippen LogP contribution in [0.2, 0.25) is 0 Å². The summed E-state index contributed by atoms with van der Waals surface area (Å²) in [5.74, 6) is -0.344. The lowest BCUT2D eigenvalue weighted by molar-refractivity contribution is -0.117. The number of benzene rings is 1. The molecule has 0 aromatic heterocycles. The average molecular weight is 314 g/mol. The third-order valence-electron chi connectivity index (χ3n) is 3.67. The van der Waals surface area contributed by atoms with Gasteiger partial charge in [0.15, 0.2) is 0 Å². The van der Waals surface area contributed by atoms with Crippen molar-refractivity contribution in [2.24, 2.45) is 0 Å². The lowest BCUT2D eigenvalue weighted by atomic mass is 10.2. The average Bonchev–Trinajstić information content (AvgIpc) is 2.61. The summed E-state index contributed by atoms with van der Waals surface area (Å²) in [6.07, 6.45) is 1.55. The van der Waals surface area contributed by atoms with Gasteiger partial charge in [0.25, 0.3) is 5.91 Å². The van der Waals surface area contributed by atoms with E-state index in [9.17, 15) is 10.1 Å². The molecule has 0 atom stereocenters. The molecule has 6 heteroatoms. The van der Waals surface area contributed by atoms with E-state index in [-0.39, 0.29) is 11.5 Å². The third-order valence-corrected chi connectivity index (χ3v) is 3.67. The Labute approximate surface area is 136 Å². The smallest absolute Gasteiger partial charge is 0.263 e. The maximum atomic E-state index is 12.1. The van der Waals surface area contributed by atoms with Crippen molar-refractivity contribution in [3.8, 4) is 6.07 Å². The Balaban J connectivity index is 1.85. The number of morpholine rings is 1. The molecule has 1 N–H and O–H groups in total. The zero-order chi connectivity index (χ0) is 16.5. The predicted molar refractivity (Wildman–Crippen MR) is 88.8 cm³/mol. The molecule has 0 saturated carbocycles. The quantitative estimate of drug-likeness (QED) is 0.626. The van der Waals surface area contributed by atoms with Crippen LogP contribution in [0.25, 0.3) is 0 Å². The number of carbonyl (C=O) groups excluding carboxylic acids is 1. The van der Waals surface area contributed by atoms with Gasteiger partial charge in [0, 0.05) is 45.1 Å². The minimum absolute atomic E-state index is 0.0957. The molecule has 1 heterocycles. The van der Waals surface area contributed by atoms with Crippen molar-refractivity contribution in [1.82, 2.24) is 10.2 Å². The summed E-state index contributed by atoms with van der Waals surface area (Å²) in [6.45, 7) is 4.52. The van der Waals surface area contributed by atoms with Crippen molar-refractivity contribution >= 4 is 11.6 Å². The van der Waals surface area contributed by atoms with Gasteiger partial charge in [-0.05, 0) is 12.1 Å². The van der Waals surface area contributed by atoms with Crippen LogP contribution in [0.3, 0.4) is 0 Å². The Morgan fingerprint density at radius 3 is 2.74 bits per heavy atom. The maximum absolute atomic E-state index is 12.1. The number of amides is 1. The molecule has 1 aliphatic heterocycles. The highest BCUT2D eigenvalue weighted by Crippen LogP contribution is 2.12. The molecule has 2 rings (SSSR count). The molecular weight excluding hydrogens is 292 g/mol. The second kappa shape index (κ2) is 8.93. The van der Waals surface area contributed by atoms with Crippen LogP contribution in [0.4, 0.5) is 5.69 Å². The molecule has 1 amide bonds. The van der Waals surface area contributed by atoms with E-state index in [0.717, 1.165) is 38.5 Å². The van der Waals surface area contributed by atoms with Crippen LogP contribution in [0.15, 0.2) is 42.1 Å². The van der Waals surface area contributed by atoms with E-state index in [1.807, 2.05) is 43.4 Å². The highest BCUT2D eigenvalue weighted by atomic mass is 16.5. The number of hydrogen-bond donors (Lipinski definition) is 1. The Morgan fingerprint density at radius 2 is 2.09 bits per heavy atom. The molecule has 1 saturated heterocycles. The van der Waals surface area contributed by atoms with Crippen molar-refractivity contribution in [2.45, 2.75) is 0 Å². The number of para-hydroxylation sites is 1. The van der Waals surface area contributed by atoms with E-state index in [1.165, 1.54) is 0 Å². The lowest BCUT2D eigenvalue weighted by Crippen LogP contribution is -2.41. The van der Waals surface area contributed by atoms with E-state index in [4.69, 9.17) is 4.74 Å². The Morgan fingerprint density at radius 1 is 1.39 bits per heavy atom. The van der Waals surface area contributed by atoms with Crippen LogP contribution in [0.5, 0.6) is 0 Å². The first-order valence-corrected chi connectivity index (χ1v) is 7.69. The summed E-state index contributed by atoms with van der Waals surface area (Å²) in [7, 11) is 1.81. The Hall–Kier alpha value is -2.36. The third kappa shape index (κ3) is 5.40. The van der Waals surface area contributed by atoms with Gasteiger partial charge in [0.2, 0.25) is 0 Å². The molecule has 1 aromatic rings. The molecule has 0 unspecified atom stereocenters. The molecule has 23 heavy (non-hydrogen) atoms. The fourth-order valence-corrected chi connectivity index (χ4v) is 2.32. The summed E-state index contributed by atoms with van der Waals surface area (Å²) < 4.78 is 5.28. The highest BCUT2D eigenvalue weighted by molar-refractivity contribution is 5.97. The zero-order valence-corrected chi connectivity index (χ0v) is 13.4. The normalized spacial score (nSPS) is 15.7. The molecule has 0 bridgehead atoms. The lowest BCUT2D eigenvalue weighted by Gasteiger charge is -2.26. The minimum Gasteiger partial charge on any atom is -0.379 e. The van der Waals surface area contributed by atoms with E-state index >= 15 is 0 Å². The number of nitrogens with one attached hydrogen (secondary N) is 1. The highest BCUT2D eigenvalue weighted by Gasteiger charge is 2.13. The van der Waals surface area contributed by atoms with Gasteiger partial charge in [-0.3, -0.25) is 9.69 Å². The largest absolute Gasteiger partial charge is 0.379 e. The molecule has 1 aromatic carbocycles. The standard InChI is InChI=1S/C17H22N4O2/c1-20(16-5-3-2-4-6-16)14-15(13-18)17(22)19-7-8-21-9-11-23-12-10-21/h2-6,14H,7-12H2,1H3,(H,19,22)/b15-14-. The monoisotopic (exact) mass is 314 g/mol. The summed E-state index contributed by atoms with van der Waals surface area (Å²) in [5, 5.41) is 12.0. The number of rotatable bonds is 6. The molecule has 6 nitrogen and oxygen atoms in total. The predicted octanol–water partition coefficient (Wildman–Crippen LogP) is 0.979. The van der Waals surface area contributed by atoms with Gasteiger partial charge in [-0.25, -0.2) is 0 Å². The van der Waals surface area contributed by atoms with Gasteiger partial charge in [0.05, 0.1) is 13.2 Å². The Kier molecular flexibility index (Phi) is 6.60. The van der Waals surface area contributed by atoms with Gasteiger partial charge in [0.1, 0.15) is 11.6 Å². The second-order valence-electron chi connectivity index (χ2n) is 5.31. The molecule has 0 aliphatic carbocycles. The van der Waals surface area contributed by atoms with Gasteiger partial charge in [-0.2, -0.15) is 5.26 Å². The maximum Gasteiger partial charge on any atom is 0.263 e. The summed E-state index contributed by atoms with van der Waals surface area (Å²) in [5.41, 5.74) is 1.01. The van der Waals surface area contributed by atoms with E-state index in [0.29, 0.717) is 6.54 Å². The van der Waals surface area contributed by atoms with Crippen LogP contribution in [0, 0.1) is 11.3 Å². The second-order valence-corrected chi connectivity index (χ2v) is 5.31. The van der Waals surface area contributed by atoms with Crippen LogP contribution >= 0.6 is 0 Å². The number of anilines is 1. The first-order valence-electron chi connectivity index (χ1n) is 7.69. The number of ether oxygens (including phenoxy) is 1. The van der Waals surface area contributed by atoms with Gasteiger partial charge in [-0.1, -0.05) is 18.2 Å². The topological polar surface area (TPSA) is 68.6 Å². The Bertz CT molecular complexity index is 574. The van der Waals surface area contributed by atoms with Crippen molar-refractivity contribution in [3.05, 3.63) is 42.1 Å². The van der Waals surface area contributed by atoms with Gasteiger partial charge >= 0.3 is 0 Å². The minimum atomic E-state index is -0.344. The van der Waals surface area contributed by atoms with Gasteiger partial charge < -0.3 is 15.0 Å². The molecular formula is C17H22N4O2. The van der Waals surface area contributed by atoms with Crippen LogP contribution < -0.4 is 10.2 Å². The SMILES string of the molecule is CN(/C=C(/C#N)C(=O)NCCN1CCOCC1)c1ccccc1. The molecule has 1 fully saturated rings. The van der Waals surface area contributed by atoms with E-state index in [1.54, 1.807) is 11.1 Å². The zero-order valence-electron chi connectivity index (χ0n) is 13.4. The number of nitrogens with zero attached hydrogens (tertiary/aromatic N) is 3. The van der Waals surface area contributed by atoms with E-state index in [2.05, 4.69) is 10.2 Å². The number of nitriles is 1. The molecule has 122 valence electrons. The summed E-state index contributed by atoms with van der Waals surface area (Å²) >= 11 is 0. The fraction of sp³-hybridized carbons (Fsp3) is 0.412. The first kappa shape index (κ1) is 17.0. The molecule has 0 spiro atoms. The first-order chi connectivity index (χ1) is 11.2. The summed E-state index contributed by atoms with van der Waals surface area (Å²) in [6, 6.07) is 11.5. The van der Waals surface area contributed by atoms with Crippen molar-refractivity contribution < 1.29 is 9.53 Å². The van der Waals surface area contributed by atoms with Crippen molar-refractivity contribution in [3.63, 3.8) is 0 Å². The van der Waals surface area contributed by atoms with E-state index < -0.39 is 0 Å². The summed E-state index contributed by atoms with van der Waals surface area (Å²) in [4.78, 5) is 16.1. The number of carbonyl (C=O) groups is 1. The van der Waals surface area contributed by atoms with Crippen molar-refractivity contribution in [1.29, 1.82) is 5.26 Å². The number of hydrogen-bond acceptors (Lipinski definition) is 5. The van der Waals surface area contributed by atoms with Crippen LogP contribution in [-0.2, 0) is 9.53 Å². The van der Waals surface area contributed by atoms with Gasteiger partial charge in [-0.15, -0.1) is 0 Å². The molecule has 1 aliphatic rings. The van der Waals surface area contributed by atoms with Crippen LogP contribution in [-0.4, -0.2) is 57.2 Å². The van der Waals surface area contributed by atoms with Crippen molar-refractivity contribution in [2.75, 3.05) is 51.3 Å².